The Morgan fingerprint density at radius 2 is 1.85 bits per heavy atom. The van der Waals surface area contributed by atoms with Gasteiger partial charge in [-0.25, -0.2) is 0 Å². The molecule has 1 atom stereocenters. The first-order chi connectivity index (χ1) is 12.9. The molecule has 0 saturated carbocycles. The molecule has 27 heavy (non-hydrogen) atoms. The van der Waals surface area contributed by atoms with Crippen LogP contribution >= 0.6 is 0 Å². The maximum Gasteiger partial charge on any atom is 0.416 e. The quantitative estimate of drug-likeness (QED) is 0.819. The Hall–Kier alpha value is -1.60. The fraction of sp³-hybridized carbons (Fsp3) is 0.650. The molecular formula is C20H27F3N2O2. The zero-order valence-corrected chi connectivity index (χ0v) is 15.4. The van der Waals surface area contributed by atoms with Crippen LogP contribution in [-0.4, -0.2) is 49.7 Å². The predicted molar refractivity (Wildman–Crippen MR) is 96.3 cm³/mol. The van der Waals surface area contributed by atoms with Gasteiger partial charge in [0.15, 0.2) is 0 Å². The Bertz CT molecular complexity index is 605. The van der Waals surface area contributed by atoms with Gasteiger partial charge < -0.3 is 10.1 Å². The molecular weight excluding hydrogens is 357 g/mol. The number of benzene rings is 1. The summed E-state index contributed by atoms with van der Waals surface area (Å²) in [5.41, 5.74) is 0.0800. The molecule has 150 valence electrons. The van der Waals surface area contributed by atoms with E-state index in [1.165, 1.54) is 12.1 Å². The molecule has 4 nitrogen and oxygen atoms in total. The molecule has 2 saturated heterocycles. The van der Waals surface area contributed by atoms with Crippen molar-refractivity contribution in [1.82, 2.24) is 10.2 Å². The van der Waals surface area contributed by atoms with Crippen LogP contribution < -0.4 is 5.32 Å². The SMILES string of the molecule is O=C(CCc1ccc(C(F)(F)F)cc1)NCC1CCN(C2CCOC2)CC1. The highest BCUT2D eigenvalue weighted by Gasteiger charge is 2.30. The Labute approximate surface area is 158 Å². The first-order valence-electron chi connectivity index (χ1n) is 9.66. The molecule has 1 N–H and O–H groups in total. The number of halogens is 3. The number of likely N-dealkylation sites (tertiary alicyclic amines) is 1. The van der Waals surface area contributed by atoms with Gasteiger partial charge in [0, 0.05) is 25.6 Å². The highest BCUT2D eigenvalue weighted by atomic mass is 19.4. The molecule has 7 heteroatoms. The van der Waals surface area contributed by atoms with E-state index in [0.29, 0.717) is 31.3 Å². The Balaban J connectivity index is 1.33. The van der Waals surface area contributed by atoms with Gasteiger partial charge in [0.1, 0.15) is 0 Å². The van der Waals surface area contributed by atoms with Gasteiger partial charge in [-0.2, -0.15) is 13.2 Å². The second kappa shape index (κ2) is 9.06. The number of carbonyl (C=O) groups is 1. The number of amides is 1. The lowest BCUT2D eigenvalue weighted by molar-refractivity contribution is -0.137. The van der Waals surface area contributed by atoms with Crippen LogP contribution in [0.2, 0.25) is 0 Å². The normalized spacial score (nSPS) is 22.1. The van der Waals surface area contributed by atoms with Crippen LogP contribution in [0, 0.1) is 5.92 Å². The van der Waals surface area contributed by atoms with Crippen molar-refractivity contribution in [2.75, 3.05) is 32.8 Å². The minimum absolute atomic E-state index is 0.0403. The van der Waals surface area contributed by atoms with Crippen molar-refractivity contribution in [3.05, 3.63) is 35.4 Å². The summed E-state index contributed by atoms with van der Waals surface area (Å²) in [5, 5.41) is 2.98. The number of carbonyl (C=O) groups excluding carboxylic acids is 1. The van der Waals surface area contributed by atoms with Crippen molar-refractivity contribution in [1.29, 1.82) is 0 Å². The lowest BCUT2D eigenvalue weighted by Crippen LogP contribution is -2.44. The molecule has 1 aromatic rings. The zero-order valence-electron chi connectivity index (χ0n) is 15.4. The van der Waals surface area contributed by atoms with Crippen molar-refractivity contribution in [2.45, 2.75) is 44.3 Å². The summed E-state index contributed by atoms with van der Waals surface area (Å²) < 4.78 is 43.1. The number of hydrogen-bond donors (Lipinski definition) is 1. The number of ether oxygens (including phenoxy) is 1. The second-order valence-electron chi connectivity index (χ2n) is 7.50. The van der Waals surface area contributed by atoms with Gasteiger partial charge in [0.25, 0.3) is 0 Å². The summed E-state index contributed by atoms with van der Waals surface area (Å²) in [5.74, 6) is 0.458. The molecule has 1 aromatic carbocycles. The van der Waals surface area contributed by atoms with Crippen LogP contribution in [-0.2, 0) is 22.1 Å². The van der Waals surface area contributed by atoms with Crippen LogP contribution in [0.1, 0.15) is 36.8 Å². The van der Waals surface area contributed by atoms with Crippen molar-refractivity contribution in [3.63, 3.8) is 0 Å². The van der Waals surface area contributed by atoms with Gasteiger partial charge in [-0.15, -0.1) is 0 Å². The monoisotopic (exact) mass is 384 g/mol. The van der Waals surface area contributed by atoms with Crippen molar-refractivity contribution in [3.8, 4) is 0 Å². The number of piperidine rings is 1. The fourth-order valence-electron chi connectivity index (χ4n) is 3.80. The fourth-order valence-corrected chi connectivity index (χ4v) is 3.80. The van der Waals surface area contributed by atoms with E-state index < -0.39 is 11.7 Å². The van der Waals surface area contributed by atoms with E-state index in [9.17, 15) is 18.0 Å². The Morgan fingerprint density at radius 1 is 1.15 bits per heavy atom. The molecule has 0 aliphatic carbocycles. The maximum absolute atomic E-state index is 12.5. The van der Waals surface area contributed by atoms with Crippen molar-refractivity contribution >= 4 is 5.91 Å². The summed E-state index contributed by atoms with van der Waals surface area (Å²) >= 11 is 0. The smallest absolute Gasteiger partial charge is 0.380 e. The van der Waals surface area contributed by atoms with Gasteiger partial charge in [0.05, 0.1) is 12.2 Å². The zero-order chi connectivity index (χ0) is 19.3. The van der Waals surface area contributed by atoms with E-state index in [0.717, 1.165) is 63.3 Å². The van der Waals surface area contributed by atoms with Gasteiger partial charge in [-0.3, -0.25) is 9.69 Å². The number of hydrogen-bond acceptors (Lipinski definition) is 3. The van der Waals surface area contributed by atoms with Crippen LogP contribution in [0.5, 0.6) is 0 Å². The number of alkyl halides is 3. The van der Waals surface area contributed by atoms with Crippen LogP contribution in [0.4, 0.5) is 13.2 Å². The van der Waals surface area contributed by atoms with E-state index in [1.54, 1.807) is 0 Å². The second-order valence-corrected chi connectivity index (χ2v) is 7.50. The largest absolute Gasteiger partial charge is 0.416 e. The van der Waals surface area contributed by atoms with E-state index in [-0.39, 0.29) is 5.91 Å². The predicted octanol–water partition coefficient (Wildman–Crippen LogP) is 3.26. The Morgan fingerprint density at radius 3 is 2.44 bits per heavy atom. The number of rotatable bonds is 6. The lowest BCUT2D eigenvalue weighted by Gasteiger charge is -2.35. The van der Waals surface area contributed by atoms with Gasteiger partial charge in [-0.1, -0.05) is 12.1 Å². The molecule has 1 unspecified atom stereocenters. The molecule has 0 spiro atoms. The van der Waals surface area contributed by atoms with E-state index in [2.05, 4.69) is 10.2 Å². The lowest BCUT2D eigenvalue weighted by atomic mass is 9.95. The number of aryl methyl sites for hydroxylation is 1. The summed E-state index contributed by atoms with van der Waals surface area (Å²) in [4.78, 5) is 14.5. The molecule has 2 heterocycles. The molecule has 0 bridgehead atoms. The third kappa shape index (κ3) is 5.94. The van der Waals surface area contributed by atoms with Crippen molar-refractivity contribution in [2.24, 2.45) is 5.92 Å². The first kappa shape index (κ1) is 20.1. The molecule has 0 aromatic heterocycles. The molecule has 2 fully saturated rings. The highest BCUT2D eigenvalue weighted by molar-refractivity contribution is 5.76. The van der Waals surface area contributed by atoms with E-state index >= 15 is 0 Å². The number of nitrogens with one attached hydrogen (secondary N) is 1. The van der Waals surface area contributed by atoms with Crippen LogP contribution in [0.15, 0.2) is 24.3 Å². The van der Waals surface area contributed by atoms with Crippen LogP contribution in [0.25, 0.3) is 0 Å². The number of nitrogens with zero attached hydrogens (tertiary/aromatic N) is 1. The average molecular weight is 384 g/mol. The van der Waals surface area contributed by atoms with Crippen LogP contribution in [0.3, 0.4) is 0 Å². The third-order valence-corrected chi connectivity index (χ3v) is 5.58. The third-order valence-electron chi connectivity index (χ3n) is 5.58. The summed E-state index contributed by atoms with van der Waals surface area (Å²) in [6, 6.07) is 5.58. The highest BCUT2D eigenvalue weighted by Crippen LogP contribution is 2.29. The maximum atomic E-state index is 12.5. The summed E-state index contributed by atoms with van der Waals surface area (Å²) in [6.07, 6.45) is -0.305. The van der Waals surface area contributed by atoms with Gasteiger partial charge >= 0.3 is 6.18 Å². The first-order valence-corrected chi connectivity index (χ1v) is 9.66. The minimum Gasteiger partial charge on any atom is -0.380 e. The molecule has 0 radical (unpaired) electrons. The van der Waals surface area contributed by atoms with Gasteiger partial charge in [-0.05, 0) is 62.4 Å². The van der Waals surface area contributed by atoms with E-state index in [4.69, 9.17) is 4.74 Å². The van der Waals surface area contributed by atoms with Crippen molar-refractivity contribution < 1.29 is 22.7 Å². The molecule has 2 aliphatic rings. The van der Waals surface area contributed by atoms with E-state index in [1.807, 2.05) is 0 Å². The molecule has 1 amide bonds. The summed E-state index contributed by atoms with van der Waals surface area (Å²) in [6.45, 7) is 4.49. The standard InChI is InChI=1S/C20H27F3N2O2/c21-20(22,23)17-4-1-15(2-5-17)3-6-19(26)24-13-16-7-10-25(11-8-16)18-9-12-27-14-18/h1-2,4-5,16,18H,3,6-14H2,(H,24,26). The topological polar surface area (TPSA) is 41.6 Å². The molecule has 2 aliphatic heterocycles. The summed E-state index contributed by atoms with van der Waals surface area (Å²) in [7, 11) is 0. The molecule has 3 rings (SSSR count). The van der Waals surface area contributed by atoms with Gasteiger partial charge in [0.2, 0.25) is 5.91 Å². The Kier molecular flexibility index (Phi) is 6.76. The minimum atomic E-state index is -4.32. The average Bonchev–Trinajstić information content (AvgIpc) is 3.19.